The second-order valence-electron chi connectivity index (χ2n) is 1.25. The average Bonchev–Trinajstić information content (AvgIpc) is 1.69. The number of aliphatic hydroxyl groups excluding tert-OH is 1. The molecular formula is C5H5GeO. The Kier molecular flexibility index (Phi) is 1.47. The molecule has 0 spiro atoms. The summed E-state index contributed by atoms with van der Waals surface area (Å²) in [7, 11) is 0. The normalized spacial score (nSPS) is 16.9. The standard InChI is InChI=1S/C5H5GeO/c7-5-3-1-2-4-6-5/h1-4,7H. The van der Waals surface area contributed by atoms with Gasteiger partial charge in [-0.3, -0.25) is 0 Å². The quantitative estimate of drug-likeness (QED) is 0.502. The van der Waals surface area contributed by atoms with Crippen LogP contribution in [0.1, 0.15) is 0 Å². The van der Waals surface area contributed by atoms with E-state index in [4.69, 9.17) is 5.11 Å². The molecule has 2 heteroatoms. The molecule has 0 saturated carbocycles. The molecule has 0 unspecified atom stereocenters. The summed E-state index contributed by atoms with van der Waals surface area (Å²) in [5.74, 6) is 0. The van der Waals surface area contributed by atoms with Crippen LogP contribution in [0, 0.1) is 0 Å². The number of hydrogen-bond acceptors (Lipinski definition) is 1. The summed E-state index contributed by atoms with van der Waals surface area (Å²) in [5, 5.41) is 8.74. The molecule has 1 rings (SSSR count). The van der Waals surface area contributed by atoms with E-state index in [1.807, 2.05) is 17.0 Å². The Labute approximate surface area is 48.4 Å². The van der Waals surface area contributed by atoms with Crippen molar-refractivity contribution in [2.24, 2.45) is 0 Å². The first-order valence-electron chi connectivity index (χ1n) is 2.05. The summed E-state index contributed by atoms with van der Waals surface area (Å²) in [5.41, 5.74) is 0. The minimum absolute atomic E-state index is 0.257. The summed E-state index contributed by atoms with van der Waals surface area (Å²) in [6.07, 6.45) is 5.57. The fourth-order valence-corrected chi connectivity index (χ4v) is 1.58. The fraction of sp³-hybridized carbons (Fsp3) is 0. The third kappa shape index (κ3) is 1.31. The first-order chi connectivity index (χ1) is 3.39. The summed E-state index contributed by atoms with van der Waals surface area (Å²) < 4.78 is 0.572. The van der Waals surface area contributed by atoms with Crippen LogP contribution in [0.2, 0.25) is 0 Å². The Bertz CT molecular complexity index is 144. The molecule has 0 saturated heterocycles. The van der Waals surface area contributed by atoms with Crippen molar-refractivity contribution >= 4 is 19.8 Å². The fourth-order valence-electron chi connectivity index (χ4n) is 0.384. The van der Waals surface area contributed by atoms with E-state index in [2.05, 4.69) is 0 Å². The number of aliphatic hydroxyl groups is 1. The third-order valence-electron chi connectivity index (χ3n) is 0.693. The van der Waals surface area contributed by atoms with E-state index in [0.29, 0.717) is 4.59 Å². The molecule has 1 aliphatic heterocycles. The van der Waals surface area contributed by atoms with Crippen LogP contribution in [0.4, 0.5) is 0 Å². The molecule has 35 valence electrons. The van der Waals surface area contributed by atoms with Gasteiger partial charge in [0.05, 0.1) is 0 Å². The van der Waals surface area contributed by atoms with Crippen molar-refractivity contribution in [1.82, 2.24) is 0 Å². The van der Waals surface area contributed by atoms with Gasteiger partial charge in [-0.25, -0.2) is 0 Å². The monoisotopic (exact) mass is 155 g/mol. The Morgan fingerprint density at radius 1 is 1.43 bits per heavy atom. The Balaban J connectivity index is 2.82. The van der Waals surface area contributed by atoms with Gasteiger partial charge in [0.1, 0.15) is 0 Å². The van der Waals surface area contributed by atoms with E-state index in [1.54, 1.807) is 6.08 Å². The topological polar surface area (TPSA) is 20.2 Å². The predicted octanol–water partition coefficient (Wildman–Crippen LogP) is 0.462. The number of allylic oxidation sites excluding steroid dienone is 3. The molecule has 1 radical (unpaired) electrons. The van der Waals surface area contributed by atoms with Crippen LogP contribution in [-0.2, 0) is 0 Å². The maximum atomic E-state index is 8.74. The van der Waals surface area contributed by atoms with Crippen LogP contribution in [0.15, 0.2) is 22.8 Å². The minimum atomic E-state index is -0.257. The van der Waals surface area contributed by atoms with Gasteiger partial charge in [0.25, 0.3) is 0 Å². The van der Waals surface area contributed by atoms with Gasteiger partial charge in [-0.2, -0.15) is 0 Å². The molecule has 0 aromatic heterocycles. The van der Waals surface area contributed by atoms with Crippen molar-refractivity contribution in [3.63, 3.8) is 0 Å². The maximum absolute atomic E-state index is 8.74. The van der Waals surface area contributed by atoms with E-state index in [0.717, 1.165) is 0 Å². The second-order valence-corrected chi connectivity index (χ2v) is 3.63. The molecule has 0 atom stereocenters. The van der Waals surface area contributed by atoms with Gasteiger partial charge in [0.2, 0.25) is 0 Å². The number of hydrogen-bond donors (Lipinski definition) is 1. The van der Waals surface area contributed by atoms with Crippen LogP contribution in [-0.4, -0.2) is 25.0 Å². The van der Waals surface area contributed by atoms with Crippen molar-refractivity contribution in [2.45, 2.75) is 0 Å². The van der Waals surface area contributed by atoms with Crippen LogP contribution in [0.25, 0.3) is 0 Å². The van der Waals surface area contributed by atoms with Crippen LogP contribution >= 0.6 is 0 Å². The van der Waals surface area contributed by atoms with E-state index in [9.17, 15) is 0 Å². The Morgan fingerprint density at radius 2 is 2.29 bits per heavy atom. The zero-order valence-electron chi connectivity index (χ0n) is 3.76. The first-order valence-corrected chi connectivity index (χ1v) is 4.31. The molecule has 0 fully saturated rings. The molecule has 0 bridgehead atoms. The predicted molar refractivity (Wildman–Crippen MR) is 31.7 cm³/mol. The molecule has 1 heterocycles. The van der Waals surface area contributed by atoms with Crippen LogP contribution in [0.5, 0.6) is 0 Å². The molecule has 0 aliphatic carbocycles. The third-order valence-corrected chi connectivity index (χ3v) is 2.42. The van der Waals surface area contributed by atoms with Crippen LogP contribution in [0.3, 0.4) is 0 Å². The first kappa shape index (κ1) is 4.84. The van der Waals surface area contributed by atoms with Crippen molar-refractivity contribution in [1.29, 1.82) is 0 Å². The van der Waals surface area contributed by atoms with Gasteiger partial charge >= 0.3 is 47.8 Å². The van der Waals surface area contributed by atoms with E-state index < -0.39 is 0 Å². The van der Waals surface area contributed by atoms with E-state index in [1.165, 1.54) is 0 Å². The summed E-state index contributed by atoms with van der Waals surface area (Å²) in [4.78, 5) is 2.04. The van der Waals surface area contributed by atoms with Gasteiger partial charge in [-0.05, 0) is 0 Å². The van der Waals surface area contributed by atoms with Gasteiger partial charge in [0, 0.05) is 0 Å². The summed E-state index contributed by atoms with van der Waals surface area (Å²) in [6, 6.07) is 0. The molecule has 1 nitrogen and oxygen atoms in total. The average molecular weight is 154 g/mol. The van der Waals surface area contributed by atoms with Crippen LogP contribution < -0.4 is 0 Å². The van der Waals surface area contributed by atoms with Crippen molar-refractivity contribution in [3.05, 3.63) is 22.8 Å². The van der Waals surface area contributed by atoms with Crippen molar-refractivity contribution in [2.75, 3.05) is 0 Å². The van der Waals surface area contributed by atoms with Gasteiger partial charge < -0.3 is 0 Å². The SMILES string of the molecule is O[C]1=CC=C[CH]=[Ge]1. The molecular weight excluding hydrogens is 149 g/mol. The molecule has 0 aromatic carbocycles. The Hall–Kier alpha value is -0.307. The van der Waals surface area contributed by atoms with Crippen molar-refractivity contribution < 1.29 is 5.11 Å². The molecule has 0 aromatic rings. The molecule has 0 amide bonds. The Morgan fingerprint density at radius 3 is 2.57 bits per heavy atom. The van der Waals surface area contributed by atoms with Crippen molar-refractivity contribution in [3.8, 4) is 0 Å². The summed E-state index contributed by atoms with van der Waals surface area (Å²) in [6.45, 7) is 0. The van der Waals surface area contributed by atoms with Gasteiger partial charge in [-0.15, -0.1) is 0 Å². The molecule has 7 heavy (non-hydrogen) atoms. The number of rotatable bonds is 0. The summed E-state index contributed by atoms with van der Waals surface area (Å²) >= 11 is -0.257. The van der Waals surface area contributed by atoms with Gasteiger partial charge in [0.15, 0.2) is 0 Å². The molecule has 1 N–H and O–H groups in total. The van der Waals surface area contributed by atoms with E-state index in [-0.39, 0.29) is 15.0 Å². The van der Waals surface area contributed by atoms with Gasteiger partial charge in [-0.1, -0.05) is 0 Å². The zero-order chi connectivity index (χ0) is 5.11. The molecule has 1 aliphatic rings. The van der Waals surface area contributed by atoms with E-state index >= 15 is 0 Å². The second kappa shape index (κ2) is 2.12. The zero-order valence-corrected chi connectivity index (χ0v) is 5.85.